The number of hydrogen-bond donors (Lipinski definition) is 4. The summed E-state index contributed by atoms with van der Waals surface area (Å²) in [4.78, 5) is 7.82. The van der Waals surface area contributed by atoms with Crippen LogP contribution < -0.4 is 26.8 Å². The number of aromatic nitrogens is 2. The Morgan fingerprint density at radius 2 is 2.00 bits per heavy atom. The minimum absolute atomic E-state index is 0.132. The normalized spacial score (nSPS) is 10.0. The predicted octanol–water partition coefficient (Wildman–Crippen LogP) is -0.719. The second-order valence-corrected chi connectivity index (χ2v) is 2.85. The molecule has 0 fully saturated rings. The summed E-state index contributed by atoms with van der Waals surface area (Å²) < 4.78 is 5.34. The van der Waals surface area contributed by atoms with Crippen molar-refractivity contribution >= 4 is 17.5 Å². The lowest BCUT2D eigenvalue weighted by Crippen LogP contribution is -2.17. The maximum atomic E-state index is 5.76. The Hall–Kier alpha value is -1.76. The van der Waals surface area contributed by atoms with Crippen LogP contribution in [0.1, 0.15) is 0 Å². The van der Waals surface area contributed by atoms with Crippen LogP contribution in [0.3, 0.4) is 0 Å². The molecule has 7 heteroatoms. The third-order valence-electron chi connectivity index (χ3n) is 1.76. The summed E-state index contributed by atoms with van der Waals surface area (Å²) in [7, 11) is 3.54. The van der Waals surface area contributed by atoms with Gasteiger partial charge in [-0.2, -0.15) is 9.97 Å². The Balaban J connectivity index is 2.81. The maximum Gasteiger partial charge on any atom is 0.244 e. The molecule has 0 saturated heterocycles. The van der Waals surface area contributed by atoms with Crippen molar-refractivity contribution in [1.29, 1.82) is 0 Å². The fourth-order valence-electron chi connectivity index (χ4n) is 1.02. The van der Waals surface area contributed by atoms with Crippen molar-refractivity contribution in [2.45, 2.75) is 0 Å². The Morgan fingerprint density at radius 3 is 2.60 bits per heavy atom. The summed E-state index contributed by atoms with van der Waals surface area (Å²) in [6, 6.07) is 0. The molecule has 0 aromatic carbocycles. The second-order valence-electron chi connectivity index (χ2n) is 2.85. The molecule has 0 spiro atoms. The molecule has 1 aromatic heterocycles. The molecular formula is C8H16N6O. The lowest BCUT2D eigenvalue weighted by atomic mass is 10.4. The van der Waals surface area contributed by atoms with Gasteiger partial charge in [0.2, 0.25) is 11.8 Å². The molecule has 1 aromatic rings. The highest BCUT2D eigenvalue weighted by Crippen LogP contribution is 2.25. The molecule has 1 rings (SSSR count). The molecule has 1 heterocycles. The van der Waals surface area contributed by atoms with Crippen LogP contribution in [0, 0.1) is 0 Å². The molecular weight excluding hydrogens is 196 g/mol. The standard InChI is InChI=1S/C8H16N6O/c1-11-3-4-15-7-5(9)6(12-2)13-8(10)14-7/h11H,3-4,9H2,1-2H3,(H3,10,12,13,14). The van der Waals surface area contributed by atoms with Crippen molar-refractivity contribution in [1.82, 2.24) is 15.3 Å². The van der Waals surface area contributed by atoms with Gasteiger partial charge in [0.15, 0.2) is 5.82 Å². The van der Waals surface area contributed by atoms with E-state index in [1.54, 1.807) is 7.05 Å². The van der Waals surface area contributed by atoms with Gasteiger partial charge in [-0.25, -0.2) is 0 Å². The zero-order valence-corrected chi connectivity index (χ0v) is 8.87. The van der Waals surface area contributed by atoms with Gasteiger partial charge >= 0.3 is 0 Å². The van der Waals surface area contributed by atoms with Crippen LogP contribution in [-0.4, -0.2) is 37.2 Å². The number of anilines is 3. The number of ether oxygens (including phenoxy) is 1. The molecule has 0 radical (unpaired) electrons. The van der Waals surface area contributed by atoms with Gasteiger partial charge in [0.05, 0.1) is 0 Å². The predicted molar refractivity (Wildman–Crippen MR) is 59.8 cm³/mol. The largest absolute Gasteiger partial charge is 0.475 e. The highest BCUT2D eigenvalue weighted by Gasteiger charge is 2.10. The van der Waals surface area contributed by atoms with Crippen molar-refractivity contribution in [3.8, 4) is 5.88 Å². The summed E-state index contributed by atoms with van der Waals surface area (Å²) in [5.41, 5.74) is 11.6. The van der Waals surface area contributed by atoms with Crippen LogP contribution in [-0.2, 0) is 0 Å². The van der Waals surface area contributed by atoms with E-state index >= 15 is 0 Å². The first kappa shape index (κ1) is 11.3. The van der Waals surface area contributed by atoms with E-state index in [1.165, 1.54) is 0 Å². The van der Waals surface area contributed by atoms with E-state index in [0.29, 0.717) is 30.5 Å². The number of rotatable bonds is 5. The zero-order valence-electron chi connectivity index (χ0n) is 8.87. The van der Waals surface area contributed by atoms with E-state index in [4.69, 9.17) is 16.2 Å². The summed E-state index contributed by atoms with van der Waals surface area (Å²) in [6.45, 7) is 1.18. The molecule has 6 N–H and O–H groups in total. The molecule has 84 valence electrons. The molecule has 0 atom stereocenters. The SMILES string of the molecule is CNCCOc1nc(N)nc(NC)c1N. The number of hydrogen-bond acceptors (Lipinski definition) is 7. The van der Waals surface area contributed by atoms with Crippen molar-refractivity contribution < 1.29 is 4.74 Å². The van der Waals surface area contributed by atoms with E-state index in [9.17, 15) is 0 Å². The van der Waals surface area contributed by atoms with Gasteiger partial charge in [-0.05, 0) is 7.05 Å². The molecule has 0 aliphatic heterocycles. The monoisotopic (exact) mass is 212 g/mol. The lowest BCUT2D eigenvalue weighted by molar-refractivity contribution is 0.308. The molecule has 0 amide bonds. The van der Waals surface area contributed by atoms with Crippen LogP contribution in [0.15, 0.2) is 0 Å². The average Bonchev–Trinajstić information content (AvgIpc) is 2.23. The van der Waals surface area contributed by atoms with E-state index < -0.39 is 0 Å². The number of nitrogens with zero attached hydrogens (tertiary/aromatic N) is 2. The van der Waals surface area contributed by atoms with Crippen LogP contribution in [0.4, 0.5) is 17.5 Å². The smallest absolute Gasteiger partial charge is 0.244 e. The Labute approximate surface area is 88.2 Å². The average molecular weight is 212 g/mol. The highest BCUT2D eigenvalue weighted by molar-refractivity contribution is 5.68. The third-order valence-corrected chi connectivity index (χ3v) is 1.76. The van der Waals surface area contributed by atoms with E-state index in [0.717, 1.165) is 0 Å². The highest BCUT2D eigenvalue weighted by atomic mass is 16.5. The molecule has 0 bridgehead atoms. The number of likely N-dealkylation sites (N-methyl/N-ethyl adjacent to an activating group) is 1. The molecule has 0 aliphatic rings. The van der Waals surface area contributed by atoms with Crippen LogP contribution in [0.2, 0.25) is 0 Å². The van der Waals surface area contributed by atoms with Gasteiger partial charge < -0.3 is 26.8 Å². The van der Waals surface area contributed by atoms with Crippen molar-refractivity contribution in [3.05, 3.63) is 0 Å². The van der Waals surface area contributed by atoms with Gasteiger partial charge in [0, 0.05) is 13.6 Å². The fourth-order valence-corrected chi connectivity index (χ4v) is 1.02. The Morgan fingerprint density at radius 1 is 1.27 bits per heavy atom. The van der Waals surface area contributed by atoms with Crippen molar-refractivity contribution in [2.75, 3.05) is 44.0 Å². The molecule has 15 heavy (non-hydrogen) atoms. The van der Waals surface area contributed by atoms with Crippen LogP contribution in [0.25, 0.3) is 0 Å². The number of nitrogens with two attached hydrogens (primary N) is 2. The van der Waals surface area contributed by atoms with Gasteiger partial charge in [0.1, 0.15) is 12.3 Å². The zero-order chi connectivity index (χ0) is 11.3. The Kier molecular flexibility index (Phi) is 3.92. The maximum absolute atomic E-state index is 5.76. The first-order valence-corrected chi connectivity index (χ1v) is 4.57. The number of nitrogen functional groups attached to an aromatic ring is 2. The molecule has 7 nitrogen and oxygen atoms in total. The van der Waals surface area contributed by atoms with Gasteiger partial charge in [0.25, 0.3) is 0 Å². The van der Waals surface area contributed by atoms with Gasteiger partial charge in [-0.1, -0.05) is 0 Å². The first-order valence-electron chi connectivity index (χ1n) is 4.57. The summed E-state index contributed by atoms with van der Waals surface area (Å²) in [6.07, 6.45) is 0. The van der Waals surface area contributed by atoms with Gasteiger partial charge in [-0.3, -0.25) is 0 Å². The van der Waals surface area contributed by atoms with Crippen LogP contribution in [0.5, 0.6) is 5.88 Å². The lowest BCUT2D eigenvalue weighted by Gasteiger charge is -2.10. The summed E-state index contributed by atoms with van der Waals surface area (Å²) in [5, 5.41) is 5.76. The van der Waals surface area contributed by atoms with Crippen molar-refractivity contribution in [3.63, 3.8) is 0 Å². The van der Waals surface area contributed by atoms with E-state index in [1.807, 2.05) is 7.05 Å². The Bertz CT molecular complexity index is 329. The molecule has 0 aliphatic carbocycles. The quantitative estimate of drug-likeness (QED) is 0.477. The minimum atomic E-state index is 0.132. The minimum Gasteiger partial charge on any atom is -0.475 e. The first-order chi connectivity index (χ1) is 7.19. The molecule has 0 unspecified atom stereocenters. The van der Waals surface area contributed by atoms with E-state index in [2.05, 4.69) is 20.6 Å². The number of nitrogens with one attached hydrogen (secondary N) is 2. The second kappa shape index (κ2) is 5.20. The summed E-state index contributed by atoms with van der Waals surface area (Å²) >= 11 is 0. The van der Waals surface area contributed by atoms with E-state index in [-0.39, 0.29) is 5.95 Å². The summed E-state index contributed by atoms with van der Waals surface area (Å²) in [5.74, 6) is 0.914. The topological polar surface area (TPSA) is 111 Å². The fraction of sp³-hybridized carbons (Fsp3) is 0.500. The van der Waals surface area contributed by atoms with Crippen molar-refractivity contribution in [2.24, 2.45) is 0 Å². The van der Waals surface area contributed by atoms with Gasteiger partial charge in [-0.15, -0.1) is 0 Å². The third kappa shape index (κ3) is 2.84. The van der Waals surface area contributed by atoms with Crippen LogP contribution >= 0.6 is 0 Å². The molecule has 0 saturated carbocycles.